The summed E-state index contributed by atoms with van der Waals surface area (Å²) in [5.41, 5.74) is 8.55. The van der Waals surface area contributed by atoms with Crippen LogP contribution in [0.1, 0.15) is 18.7 Å². The smallest absolute Gasteiger partial charge is 0.121 e. The monoisotopic (exact) mass is 230 g/mol. The number of aromatic amines is 1. The van der Waals surface area contributed by atoms with Crippen molar-refractivity contribution in [3.8, 4) is 0 Å². The van der Waals surface area contributed by atoms with Crippen LogP contribution in [-0.2, 0) is 6.54 Å². The van der Waals surface area contributed by atoms with Crippen molar-refractivity contribution in [2.45, 2.75) is 19.4 Å². The van der Waals surface area contributed by atoms with E-state index in [1.165, 1.54) is 19.4 Å². The van der Waals surface area contributed by atoms with Crippen molar-refractivity contribution < 1.29 is 0 Å². The molecule has 2 aromatic rings. The van der Waals surface area contributed by atoms with Crippen LogP contribution < -0.4 is 5.73 Å². The zero-order valence-electron chi connectivity index (χ0n) is 10.1. The van der Waals surface area contributed by atoms with Crippen LogP contribution in [0.3, 0.4) is 0 Å². The van der Waals surface area contributed by atoms with Crippen LogP contribution in [0, 0.1) is 5.92 Å². The highest BCUT2D eigenvalue weighted by Crippen LogP contribution is 2.29. The molecule has 3 N–H and O–H groups in total. The van der Waals surface area contributed by atoms with Gasteiger partial charge in [-0.1, -0.05) is 0 Å². The lowest BCUT2D eigenvalue weighted by Crippen LogP contribution is -2.21. The van der Waals surface area contributed by atoms with Crippen LogP contribution in [0.15, 0.2) is 18.2 Å². The summed E-state index contributed by atoms with van der Waals surface area (Å²) in [6.45, 7) is 2.06. The fourth-order valence-electron chi connectivity index (χ4n) is 2.22. The highest BCUT2D eigenvalue weighted by molar-refractivity contribution is 5.78. The Morgan fingerprint density at radius 1 is 1.47 bits per heavy atom. The standard InChI is InChI=1S/C13H18N4/c1-17(7-9-2-3-9)8-13-15-11-5-4-10(14)6-12(11)16-13/h4-6,9H,2-3,7-8,14H2,1H3,(H,15,16). The van der Waals surface area contributed by atoms with Crippen molar-refractivity contribution >= 4 is 16.7 Å². The van der Waals surface area contributed by atoms with E-state index in [0.29, 0.717) is 0 Å². The van der Waals surface area contributed by atoms with Gasteiger partial charge in [0.1, 0.15) is 5.82 Å². The molecule has 0 bridgehead atoms. The molecule has 1 aromatic carbocycles. The third-order valence-electron chi connectivity index (χ3n) is 3.24. The Bertz CT molecular complexity index is 527. The summed E-state index contributed by atoms with van der Waals surface area (Å²) in [5.74, 6) is 1.94. The Labute approximate surface area is 101 Å². The number of fused-ring (bicyclic) bond motifs is 1. The van der Waals surface area contributed by atoms with Gasteiger partial charge < -0.3 is 10.7 Å². The van der Waals surface area contributed by atoms with Crippen molar-refractivity contribution in [3.05, 3.63) is 24.0 Å². The van der Waals surface area contributed by atoms with Gasteiger partial charge in [0.15, 0.2) is 0 Å². The van der Waals surface area contributed by atoms with E-state index >= 15 is 0 Å². The Hall–Kier alpha value is -1.55. The molecule has 0 radical (unpaired) electrons. The largest absolute Gasteiger partial charge is 0.399 e. The van der Waals surface area contributed by atoms with E-state index < -0.39 is 0 Å². The van der Waals surface area contributed by atoms with E-state index in [-0.39, 0.29) is 0 Å². The van der Waals surface area contributed by atoms with Gasteiger partial charge in [-0.05, 0) is 44.0 Å². The van der Waals surface area contributed by atoms with Gasteiger partial charge in [0.2, 0.25) is 0 Å². The molecule has 0 saturated heterocycles. The Morgan fingerprint density at radius 2 is 2.29 bits per heavy atom. The number of rotatable bonds is 4. The maximum atomic E-state index is 5.75. The van der Waals surface area contributed by atoms with Gasteiger partial charge >= 0.3 is 0 Å². The third kappa shape index (κ3) is 2.42. The molecule has 17 heavy (non-hydrogen) atoms. The maximum Gasteiger partial charge on any atom is 0.121 e. The fraction of sp³-hybridized carbons (Fsp3) is 0.462. The molecule has 0 aliphatic heterocycles. The molecule has 1 aliphatic rings. The van der Waals surface area contributed by atoms with Crippen LogP contribution >= 0.6 is 0 Å². The molecule has 1 heterocycles. The number of anilines is 1. The predicted octanol–water partition coefficient (Wildman–Crippen LogP) is 1.99. The number of nitrogens with zero attached hydrogens (tertiary/aromatic N) is 2. The van der Waals surface area contributed by atoms with E-state index in [9.17, 15) is 0 Å². The zero-order valence-corrected chi connectivity index (χ0v) is 10.1. The second-order valence-corrected chi connectivity index (χ2v) is 5.10. The molecule has 90 valence electrons. The van der Waals surface area contributed by atoms with E-state index in [1.807, 2.05) is 18.2 Å². The number of benzene rings is 1. The number of H-pyrrole nitrogens is 1. The van der Waals surface area contributed by atoms with Crippen molar-refractivity contribution in [2.24, 2.45) is 5.92 Å². The molecule has 4 heteroatoms. The fourth-order valence-corrected chi connectivity index (χ4v) is 2.22. The minimum absolute atomic E-state index is 0.777. The molecule has 0 amide bonds. The molecule has 1 fully saturated rings. The van der Waals surface area contributed by atoms with Crippen LogP contribution in [0.5, 0.6) is 0 Å². The van der Waals surface area contributed by atoms with Crippen molar-refractivity contribution in [1.82, 2.24) is 14.9 Å². The van der Waals surface area contributed by atoms with E-state index in [2.05, 4.69) is 21.9 Å². The summed E-state index contributed by atoms with van der Waals surface area (Å²) < 4.78 is 0. The molecule has 1 saturated carbocycles. The van der Waals surface area contributed by atoms with Crippen molar-refractivity contribution in [2.75, 3.05) is 19.3 Å². The zero-order chi connectivity index (χ0) is 11.8. The lowest BCUT2D eigenvalue weighted by Gasteiger charge is -2.13. The van der Waals surface area contributed by atoms with Crippen LogP contribution in [0.2, 0.25) is 0 Å². The molecule has 0 atom stereocenters. The second-order valence-electron chi connectivity index (χ2n) is 5.10. The number of nitrogen functional groups attached to an aromatic ring is 1. The van der Waals surface area contributed by atoms with Gasteiger partial charge in [0.25, 0.3) is 0 Å². The summed E-state index contributed by atoms with van der Waals surface area (Å²) in [6, 6.07) is 5.79. The SMILES string of the molecule is CN(Cc1nc2ccc(N)cc2[nH]1)CC1CC1. The first kappa shape index (κ1) is 10.6. The van der Waals surface area contributed by atoms with Gasteiger partial charge in [-0.25, -0.2) is 4.98 Å². The van der Waals surface area contributed by atoms with E-state index in [4.69, 9.17) is 5.73 Å². The number of hydrogen-bond donors (Lipinski definition) is 2. The maximum absolute atomic E-state index is 5.75. The van der Waals surface area contributed by atoms with Crippen LogP contribution in [-0.4, -0.2) is 28.5 Å². The normalized spacial score (nSPS) is 15.9. The average Bonchev–Trinajstić information content (AvgIpc) is 2.97. The number of aromatic nitrogens is 2. The number of nitrogens with one attached hydrogen (secondary N) is 1. The van der Waals surface area contributed by atoms with E-state index in [1.54, 1.807) is 0 Å². The first-order chi connectivity index (χ1) is 8.20. The summed E-state index contributed by atoms with van der Waals surface area (Å²) in [5, 5.41) is 0. The first-order valence-electron chi connectivity index (χ1n) is 6.13. The molecule has 0 spiro atoms. The van der Waals surface area contributed by atoms with Gasteiger partial charge in [0, 0.05) is 12.2 Å². The quantitative estimate of drug-likeness (QED) is 0.790. The Kier molecular flexibility index (Phi) is 2.52. The molecular formula is C13H18N4. The lowest BCUT2D eigenvalue weighted by atomic mass is 10.3. The topological polar surface area (TPSA) is 57.9 Å². The summed E-state index contributed by atoms with van der Waals surface area (Å²) >= 11 is 0. The minimum atomic E-state index is 0.777. The second kappa shape index (κ2) is 4.04. The molecule has 1 aliphatic carbocycles. The van der Waals surface area contributed by atoms with Gasteiger partial charge in [-0.3, -0.25) is 4.90 Å². The molecule has 4 nitrogen and oxygen atoms in total. The number of nitrogens with two attached hydrogens (primary N) is 1. The Balaban J connectivity index is 1.75. The number of imidazole rings is 1. The van der Waals surface area contributed by atoms with Gasteiger partial charge in [-0.15, -0.1) is 0 Å². The molecule has 1 aromatic heterocycles. The van der Waals surface area contributed by atoms with Gasteiger partial charge in [-0.2, -0.15) is 0 Å². The Morgan fingerprint density at radius 3 is 3.06 bits per heavy atom. The lowest BCUT2D eigenvalue weighted by molar-refractivity contribution is 0.306. The van der Waals surface area contributed by atoms with Crippen molar-refractivity contribution in [3.63, 3.8) is 0 Å². The highest BCUT2D eigenvalue weighted by atomic mass is 15.1. The van der Waals surface area contributed by atoms with Crippen molar-refractivity contribution in [1.29, 1.82) is 0 Å². The van der Waals surface area contributed by atoms with Crippen LogP contribution in [0.25, 0.3) is 11.0 Å². The number of hydrogen-bond acceptors (Lipinski definition) is 3. The van der Waals surface area contributed by atoms with E-state index in [0.717, 1.165) is 35.0 Å². The third-order valence-corrected chi connectivity index (χ3v) is 3.24. The summed E-state index contributed by atoms with van der Waals surface area (Å²) in [7, 11) is 2.15. The minimum Gasteiger partial charge on any atom is -0.399 e. The van der Waals surface area contributed by atoms with Crippen LogP contribution in [0.4, 0.5) is 5.69 Å². The summed E-state index contributed by atoms with van der Waals surface area (Å²) in [4.78, 5) is 10.2. The molecule has 3 rings (SSSR count). The first-order valence-corrected chi connectivity index (χ1v) is 6.13. The average molecular weight is 230 g/mol. The highest BCUT2D eigenvalue weighted by Gasteiger charge is 2.23. The summed E-state index contributed by atoms with van der Waals surface area (Å²) in [6.07, 6.45) is 2.78. The predicted molar refractivity (Wildman–Crippen MR) is 69.6 cm³/mol. The van der Waals surface area contributed by atoms with Gasteiger partial charge in [0.05, 0.1) is 17.6 Å². The molecule has 0 unspecified atom stereocenters. The molecular weight excluding hydrogens is 212 g/mol.